The molecular formula is C11H14N2O2. The molecule has 1 aromatic heterocycles. The molecule has 0 aliphatic heterocycles. The Morgan fingerprint density at radius 3 is 2.87 bits per heavy atom. The van der Waals surface area contributed by atoms with Gasteiger partial charge in [0.1, 0.15) is 0 Å². The largest absolute Gasteiger partial charge is 0.419 e. The predicted octanol–water partition coefficient (Wildman–Crippen LogP) is 1.59. The van der Waals surface area contributed by atoms with Gasteiger partial charge in [-0.3, -0.25) is 4.57 Å². The Morgan fingerprint density at radius 2 is 2.20 bits per heavy atom. The lowest BCUT2D eigenvalue weighted by molar-refractivity contribution is 0.528. The van der Waals surface area contributed by atoms with Crippen molar-refractivity contribution in [1.29, 1.82) is 0 Å². The number of oxazole rings is 1. The average molecular weight is 206 g/mol. The van der Waals surface area contributed by atoms with Gasteiger partial charge < -0.3 is 9.32 Å². The van der Waals surface area contributed by atoms with Crippen molar-refractivity contribution in [3.8, 4) is 0 Å². The van der Waals surface area contributed by atoms with E-state index in [9.17, 15) is 4.79 Å². The second-order valence-electron chi connectivity index (χ2n) is 3.59. The van der Waals surface area contributed by atoms with Crippen LogP contribution in [0.15, 0.2) is 27.4 Å². The maximum atomic E-state index is 11.3. The van der Waals surface area contributed by atoms with E-state index in [-0.39, 0.29) is 5.76 Å². The lowest BCUT2D eigenvalue weighted by Crippen LogP contribution is -2.15. The number of benzene rings is 1. The van der Waals surface area contributed by atoms with E-state index in [4.69, 9.17) is 4.42 Å². The van der Waals surface area contributed by atoms with E-state index in [2.05, 4.69) is 11.8 Å². The van der Waals surface area contributed by atoms with E-state index < -0.39 is 0 Å². The standard InChI is InChI=1S/C11H14N2O2/c1-4-12(2)8-5-6-9-10(7-8)15-11(14)13(9)3/h5-7H,4H2,1-3H3. The third-order valence-corrected chi connectivity index (χ3v) is 2.69. The molecule has 15 heavy (non-hydrogen) atoms. The van der Waals surface area contributed by atoms with Crippen molar-refractivity contribution in [2.45, 2.75) is 6.92 Å². The Bertz CT molecular complexity index is 539. The van der Waals surface area contributed by atoms with Crippen molar-refractivity contribution in [3.05, 3.63) is 28.7 Å². The van der Waals surface area contributed by atoms with Crippen LogP contribution in [0.5, 0.6) is 0 Å². The van der Waals surface area contributed by atoms with E-state index in [0.717, 1.165) is 17.7 Å². The van der Waals surface area contributed by atoms with Gasteiger partial charge in [-0.2, -0.15) is 0 Å². The van der Waals surface area contributed by atoms with Crippen LogP contribution < -0.4 is 10.7 Å². The molecule has 0 bridgehead atoms. The van der Waals surface area contributed by atoms with E-state index in [1.54, 1.807) is 7.05 Å². The molecule has 4 nitrogen and oxygen atoms in total. The fourth-order valence-corrected chi connectivity index (χ4v) is 1.54. The molecule has 2 rings (SSSR count). The van der Waals surface area contributed by atoms with Crippen LogP contribution in [0.3, 0.4) is 0 Å². The Hall–Kier alpha value is -1.71. The summed E-state index contributed by atoms with van der Waals surface area (Å²) in [6, 6.07) is 5.78. The van der Waals surface area contributed by atoms with Gasteiger partial charge in [0.15, 0.2) is 5.58 Å². The number of hydrogen-bond acceptors (Lipinski definition) is 3. The maximum absolute atomic E-state index is 11.3. The van der Waals surface area contributed by atoms with Crippen molar-refractivity contribution in [2.24, 2.45) is 7.05 Å². The summed E-state index contributed by atoms with van der Waals surface area (Å²) in [6.07, 6.45) is 0. The van der Waals surface area contributed by atoms with E-state index in [1.165, 1.54) is 4.57 Å². The monoisotopic (exact) mass is 206 g/mol. The molecule has 0 aliphatic rings. The highest BCUT2D eigenvalue weighted by atomic mass is 16.4. The molecule has 0 saturated heterocycles. The molecule has 1 heterocycles. The molecule has 0 radical (unpaired) electrons. The zero-order valence-corrected chi connectivity index (χ0v) is 9.15. The molecule has 0 N–H and O–H groups in total. The normalized spacial score (nSPS) is 10.9. The number of rotatable bonds is 2. The Labute approximate surface area is 87.7 Å². The first-order chi connectivity index (χ1) is 7.13. The fourth-order valence-electron chi connectivity index (χ4n) is 1.54. The summed E-state index contributed by atoms with van der Waals surface area (Å²) in [5.41, 5.74) is 2.52. The lowest BCUT2D eigenvalue weighted by atomic mass is 10.2. The van der Waals surface area contributed by atoms with Crippen LogP contribution in [0.25, 0.3) is 11.1 Å². The van der Waals surface area contributed by atoms with Gasteiger partial charge in [0.2, 0.25) is 0 Å². The molecule has 0 atom stereocenters. The van der Waals surface area contributed by atoms with Crippen molar-refractivity contribution in [3.63, 3.8) is 0 Å². The second-order valence-corrected chi connectivity index (χ2v) is 3.59. The molecule has 0 amide bonds. The lowest BCUT2D eigenvalue weighted by Gasteiger charge is -2.15. The molecule has 0 unspecified atom stereocenters. The topological polar surface area (TPSA) is 38.4 Å². The van der Waals surface area contributed by atoms with Gasteiger partial charge in [-0.25, -0.2) is 4.79 Å². The quantitative estimate of drug-likeness (QED) is 0.749. The molecule has 1 aromatic carbocycles. The fraction of sp³-hybridized carbons (Fsp3) is 0.364. The number of hydrogen-bond donors (Lipinski definition) is 0. The summed E-state index contributed by atoms with van der Waals surface area (Å²) in [4.78, 5) is 13.4. The highest BCUT2D eigenvalue weighted by Crippen LogP contribution is 2.19. The molecule has 4 heteroatoms. The minimum atomic E-state index is -0.318. The molecule has 80 valence electrons. The summed E-state index contributed by atoms with van der Waals surface area (Å²) in [5, 5.41) is 0. The molecule has 0 spiro atoms. The third-order valence-electron chi connectivity index (χ3n) is 2.69. The number of nitrogens with zero attached hydrogens (tertiary/aromatic N) is 2. The second kappa shape index (κ2) is 3.46. The first kappa shape index (κ1) is 9.83. The van der Waals surface area contributed by atoms with Crippen LogP contribution in [0, 0.1) is 0 Å². The predicted molar refractivity (Wildman–Crippen MR) is 60.4 cm³/mol. The Morgan fingerprint density at radius 1 is 1.47 bits per heavy atom. The summed E-state index contributed by atoms with van der Waals surface area (Å²) >= 11 is 0. The summed E-state index contributed by atoms with van der Waals surface area (Å²) in [5.74, 6) is -0.318. The van der Waals surface area contributed by atoms with Gasteiger partial charge in [-0.05, 0) is 19.1 Å². The number of anilines is 1. The number of fused-ring (bicyclic) bond motifs is 1. The minimum Gasteiger partial charge on any atom is -0.408 e. The zero-order valence-electron chi connectivity index (χ0n) is 9.15. The van der Waals surface area contributed by atoms with Crippen LogP contribution in [0.1, 0.15) is 6.92 Å². The van der Waals surface area contributed by atoms with Crippen LogP contribution in [0.2, 0.25) is 0 Å². The third kappa shape index (κ3) is 1.52. The van der Waals surface area contributed by atoms with Gasteiger partial charge in [-0.15, -0.1) is 0 Å². The van der Waals surface area contributed by atoms with Gasteiger partial charge in [0, 0.05) is 32.4 Å². The Kier molecular flexibility index (Phi) is 2.26. The molecule has 0 fully saturated rings. The highest BCUT2D eigenvalue weighted by Gasteiger charge is 2.07. The van der Waals surface area contributed by atoms with Crippen LogP contribution in [-0.2, 0) is 7.05 Å². The van der Waals surface area contributed by atoms with Crippen LogP contribution in [0.4, 0.5) is 5.69 Å². The van der Waals surface area contributed by atoms with Crippen molar-refractivity contribution >= 4 is 16.8 Å². The van der Waals surface area contributed by atoms with E-state index >= 15 is 0 Å². The molecule has 2 aromatic rings. The summed E-state index contributed by atoms with van der Waals surface area (Å²) in [7, 11) is 3.71. The van der Waals surface area contributed by atoms with Crippen molar-refractivity contribution in [1.82, 2.24) is 4.57 Å². The first-order valence-corrected chi connectivity index (χ1v) is 4.94. The Balaban J connectivity index is 2.62. The number of aromatic nitrogens is 1. The first-order valence-electron chi connectivity index (χ1n) is 4.94. The average Bonchev–Trinajstić information content (AvgIpc) is 2.53. The van der Waals surface area contributed by atoms with Crippen LogP contribution in [-0.4, -0.2) is 18.2 Å². The molecule has 0 aliphatic carbocycles. The SMILES string of the molecule is CCN(C)c1ccc2c(c1)oc(=O)n2C. The van der Waals surface area contributed by atoms with E-state index in [1.807, 2.05) is 25.2 Å². The van der Waals surface area contributed by atoms with Gasteiger partial charge in [-0.1, -0.05) is 0 Å². The minimum absolute atomic E-state index is 0.318. The highest BCUT2D eigenvalue weighted by molar-refractivity contribution is 5.77. The maximum Gasteiger partial charge on any atom is 0.419 e. The van der Waals surface area contributed by atoms with Crippen LogP contribution >= 0.6 is 0 Å². The smallest absolute Gasteiger partial charge is 0.408 e. The summed E-state index contributed by atoms with van der Waals surface area (Å²) < 4.78 is 6.62. The number of aryl methyl sites for hydroxylation is 1. The van der Waals surface area contributed by atoms with Gasteiger partial charge in [0.05, 0.1) is 5.52 Å². The van der Waals surface area contributed by atoms with E-state index in [0.29, 0.717) is 5.58 Å². The van der Waals surface area contributed by atoms with Crippen molar-refractivity contribution < 1.29 is 4.42 Å². The molecule has 0 saturated carbocycles. The molecular weight excluding hydrogens is 192 g/mol. The van der Waals surface area contributed by atoms with Crippen molar-refractivity contribution in [2.75, 3.05) is 18.5 Å². The zero-order chi connectivity index (χ0) is 11.0. The summed E-state index contributed by atoms with van der Waals surface area (Å²) in [6.45, 7) is 2.99. The van der Waals surface area contributed by atoms with Gasteiger partial charge >= 0.3 is 5.76 Å². The van der Waals surface area contributed by atoms with Gasteiger partial charge in [0.25, 0.3) is 0 Å².